The molecule has 0 bridgehead atoms. The van der Waals surface area contributed by atoms with Crippen molar-refractivity contribution in [3.05, 3.63) is 194 Å². The molecule has 0 saturated carbocycles. The third-order valence-electron chi connectivity index (χ3n) is 10.0. The van der Waals surface area contributed by atoms with Crippen molar-refractivity contribution in [1.29, 1.82) is 0 Å². The fraction of sp³-hybridized carbons (Fsp3) is 0. The van der Waals surface area contributed by atoms with E-state index in [1.807, 2.05) is 60.7 Å². The van der Waals surface area contributed by atoms with Crippen LogP contribution >= 0.6 is 0 Å². The molecule has 0 aliphatic carbocycles. The van der Waals surface area contributed by atoms with Gasteiger partial charge in [0.1, 0.15) is 0 Å². The fourth-order valence-electron chi connectivity index (χ4n) is 7.55. The third kappa shape index (κ3) is 5.45. The van der Waals surface area contributed by atoms with Crippen LogP contribution in [0.1, 0.15) is 0 Å². The number of benzene rings is 8. The first-order valence-electron chi connectivity index (χ1n) is 17.9. The van der Waals surface area contributed by atoms with Crippen LogP contribution in [0, 0.1) is 0 Å². The Morgan fingerprint density at radius 1 is 0.321 bits per heavy atom. The van der Waals surface area contributed by atoms with Crippen LogP contribution in [0.5, 0.6) is 0 Å². The summed E-state index contributed by atoms with van der Waals surface area (Å²) in [6.45, 7) is 0. The van der Waals surface area contributed by atoms with E-state index in [2.05, 4.69) is 138 Å². The van der Waals surface area contributed by atoms with Crippen LogP contribution in [0.15, 0.2) is 194 Å². The number of aromatic nitrogens is 4. The van der Waals surface area contributed by atoms with Crippen LogP contribution in [0.3, 0.4) is 0 Å². The lowest BCUT2D eigenvalue weighted by molar-refractivity contribution is 1.08. The maximum atomic E-state index is 5.13. The van der Waals surface area contributed by atoms with Gasteiger partial charge in [0.05, 0.1) is 11.0 Å². The summed E-state index contributed by atoms with van der Waals surface area (Å²) < 4.78 is 2.37. The molecule has 0 fully saturated rings. The summed E-state index contributed by atoms with van der Waals surface area (Å²) in [5, 5.41) is 4.65. The smallest absolute Gasteiger partial charge is 0.164 e. The van der Waals surface area contributed by atoms with Gasteiger partial charge in [-0.15, -0.1) is 0 Å². The summed E-state index contributed by atoms with van der Waals surface area (Å²) in [6, 6.07) is 68.2. The molecule has 10 aromatic rings. The molecule has 0 saturated heterocycles. The van der Waals surface area contributed by atoms with Gasteiger partial charge in [0.15, 0.2) is 17.5 Å². The molecule has 0 spiro atoms. The lowest BCUT2D eigenvalue weighted by atomic mass is 9.93. The molecule has 248 valence electrons. The highest BCUT2D eigenvalue weighted by atomic mass is 15.0. The van der Waals surface area contributed by atoms with Crippen molar-refractivity contribution in [1.82, 2.24) is 19.5 Å². The van der Waals surface area contributed by atoms with Crippen LogP contribution in [-0.4, -0.2) is 19.5 Å². The minimum absolute atomic E-state index is 0.644. The number of hydrogen-bond acceptors (Lipinski definition) is 3. The average Bonchev–Trinajstić information content (AvgIpc) is 3.57. The Balaban J connectivity index is 1.21. The summed E-state index contributed by atoms with van der Waals surface area (Å²) >= 11 is 0. The molecule has 0 aliphatic heterocycles. The van der Waals surface area contributed by atoms with Crippen molar-refractivity contribution in [3.63, 3.8) is 0 Å². The van der Waals surface area contributed by atoms with E-state index in [-0.39, 0.29) is 0 Å². The largest absolute Gasteiger partial charge is 0.309 e. The van der Waals surface area contributed by atoms with Crippen molar-refractivity contribution in [2.45, 2.75) is 0 Å². The van der Waals surface area contributed by atoms with E-state index in [9.17, 15) is 0 Å². The highest BCUT2D eigenvalue weighted by Gasteiger charge is 2.19. The first-order valence-corrected chi connectivity index (χ1v) is 17.9. The topological polar surface area (TPSA) is 43.6 Å². The number of nitrogens with zero attached hydrogens (tertiary/aromatic N) is 4. The number of rotatable bonds is 6. The van der Waals surface area contributed by atoms with Gasteiger partial charge in [0, 0.05) is 38.5 Å². The lowest BCUT2D eigenvalue weighted by Gasteiger charge is -2.14. The molecule has 4 heteroatoms. The van der Waals surface area contributed by atoms with E-state index >= 15 is 0 Å². The van der Waals surface area contributed by atoms with E-state index in [1.165, 1.54) is 27.4 Å². The molecule has 0 aliphatic rings. The van der Waals surface area contributed by atoms with E-state index < -0.39 is 0 Å². The minimum Gasteiger partial charge on any atom is -0.309 e. The highest BCUT2D eigenvalue weighted by molar-refractivity contribution is 6.13. The number of para-hydroxylation sites is 1. The van der Waals surface area contributed by atoms with Gasteiger partial charge in [-0.1, -0.05) is 158 Å². The molecule has 0 atom stereocenters. The Bertz CT molecular complexity index is 2850. The van der Waals surface area contributed by atoms with E-state index in [0.717, 1.165) is 49.8 Å². The maximum absolute atomic E-state index is 5.13. The Kier molecular flexibility index (Phi) is 7.43. The van der Waals surface area contributed by atoms with E-state index in [1.54, 1.807) is 0 Å². The van der Waals surface area contributed by atoms with Gasteiger partial charge < -0.3 is 4.57 Å². The first kappa shape index (κ1) is 30.6. The predicted molar refractivity (Wildman–Crippen MR) is 219 cm³/mol. The molecule has 53 heavy (non-hydrogen) atoms. The molecular formula is C49H32N4. The zero-order chi connectivity index (χ0) is 35.1. The van der Waals surface area contributed by atoms with Crippen LogP contribution in [0.25, 0.3) is 94.7 Å². The maximum Gasteiger partial charge on any atom is 0.164 e. The van der Waals surface area contributed by atoms with Crippen LogP contribution in [-0.2, 0) is 0 Å². The molecule has 2 aromatic heterocycles. The Labute approximate surface area is 307 Å². The first-order chi connectivity index (χ1) is 26.3. The van der Waals surface area contributed by atoms with Crippen LogP contribution < -0.4 is 0 Å². The van der Waals surface area contributed by atoms with Crippen LogP contribution in [0.2, 0.25) is 0 Å². The second-order valence-electron chi connectivity index (χ2n) is 13.2. The summed E-state index contributed by atoms with van der Waals surface area (Å²) in [4.78, 5) is 15.2. The quantitative estimate of drug-likeness (QED) is 0.176. The molecule has 0 radical (unpaired) electrons. The average molecular weight is 677 g/mol. The second kappa shape index (κ2) is 12.9. The summed E-state index contributed by atoms with van der Waals surface area (Å²) in [7, 11) is 0. The van der Waals surface area contributed by atoms with Gasteiger partial charge in [-0.05, 0) is 64.0 Å². The van der Waals surface area contributed by atoms with Crippen molar-refractivity contribution < 1.29 is 0 Å². The monoisotopic (exact) mass is 676 g/mol. The van der Waals surface area contributed by atoms with Crippen molar-refractivity contribution in [2.75, 3.05) is 0 Å². The molecule has 4 nitrogen and oxygen atoms in total. The van der Waals surface area contributed by atoms with Gasteiger partial charge in [-0.3, -0.25) is 0 Å². The van der Waals surface area contributed by atoms with Crippen LogP contribution in [0.4, 0.5) is 0 Å². The zero-order valence-corrected chi connectivity index (χ0v) is 28.8. The molecule has 0 N–H and O–H groups in total. The molecular weight excluding hydrogens is 645 g/mol. The minimum atomic E-state index is 0.644. The zero-order valence-electron chi connectivity index (χ0n) is 28.8. The van der Waals surface area contributed by atoms with Gasteiger partial charge in [0.2, 0.25) is 0 Å². The molecule has 8 aromatic carbocycles. The Morgan fingerprint density at radius 2 is 0.792 bits per heavy atom. The van der Waals surface area contributed by atoms with Gasteiger partial charge in [-0.25, -0.2) is 15.0 Å². The van der Waals surface area contributed by atoms with Crippen molar-refractivity contribution >= 4 is 32.6 Å². The third-order valence-corrected chi connectivity index (χ3v) is 10.0. The molecule has 0 amide bonds. The van der Waals surface area contributed by atoms with Crippen molar-refractivity contribution in [3.8, 4) is 62.1 Å². The SMILES string of the molecule is c1ccc(-c2ccc3c(c2)c2cc(-c4cccc5cccc(-c6nc(-c7ccccc7)nc(-c7ccccc7)n6)c45)ccc2n3-c2ccccc2)cc1. The number of fused-ring (bicyclic) bond motifs is 4. The molecule has 2 heterocycles. The van der Waals surface area contributed by atoms with Gasteiger partial charge in [0.25, 0.3) is 0 Å². The predicted octanol–water partition coefficient (Wildman–Crippen LogP) is 12.5. The van der Waals surface area contributed by atoms with E-state index in [0.29, 0.717) is 17.5 Å². The summed E-state index contributed by atoms with van der Waals surface area (Å²) in [5.41, 5.74) is 11.0. The number of hydrogen-bond donors (Lipinski definition) is 0. The fourth-order valence-corrected chi connectivity index (χ4v) is 7.55. The highest BCUT2D eigenvalue weighted by Crippen LogP contribution is 2.41. The normalized spacial score (nSPS) is 11.4. The van der Waals surface area contributed by atoms with Gasteiger partial charge in [-0.2, -0.15) is 0 Å². The standard InChI is InChI=1S/C49H32N4/c1-5-15-33(16-6-1)37-27-29-44-42(31-37)43-32-38(28-30-45(43)53(44)39-23-11-4-12-24-39)40-25-13-21-34-22-14-26-41(46(34)40)49-51-47(35-17-7-2-8-18-35)50-48(52-49)36-19-9-3-10-20-36/h1-32H. The summed E-state index contributed by atoms with van der Waals surface area (Å²) in [6.07, 6.45) is 0. The lowest BCUT2D eigenvalue weighted by Crippen LogP contribution is -2.00. The molecule has 10 rings (SSSR count). The Morgan fingerprint density at radius 3 is 1.38 bits per heavy atom. The van der Waals surface area contributed by atoms with Crippen molar-refractivity contribution in [2.24, 2.45) is 0 Å². The second-order valence-corrected chi connectivity index (χ2v) is 13.2. The molecule has 0 unspecified atom stereocenters. The van der Waals surface area contributed by atoms with E-state index in [4.69, 9.17) is 15.0 Å². The summed E-state index contributed by atoms with van der Waals surface area (Å²) in [5.74, 6) is 1.94. The van der Waals surface area contributed by atoms with Gasteiger partial charge >= 0.3 is 0 Å². The Hall–Kier alpha value is -7.17.